The Bertz CT molecular complexity index is 413. The molecule has 0 bridgehead atoms. The highest BCUT2D eigenvalue weighted by molar-refractivity contribution is 5.96. The number of anilines is 1. The molecule has 2 rings (SSSR count). The molecule has 1 aromatic rings. The fourth-order valence-corrected chi connectivity index (χ4v) is 2.14. The topological polar surface area (TPSA) is 80.9 Å². The maximum Gasteiger partial charge on any atom is 0.246 e. The van der Waals surface area contributed by atoms with Crippen LogP contribution in [0.1, 0.15) is 37.8 Å². The molecule has 1 amide bonds. The number of nitrogens with two attached hydrogens (primary N) is 1. The van der Waals surface area contributed by atoms with Crippen LogP contribution in [0.15, 0.2) is 12.3 Å². The summed E-state index contributed by atoms with van der Waals surface area (Å²) < 4.78 is 0. The number of hydrogen-bond donors (Lipinski definition) is 2. The Morgan fingerprint density at radius 3 is 2.76 bits per heavy atom. The SMILES string of the molecule is Cc1ccnc(NC(=O)C2(N)CCCCC2)n1. The first-order valence-corrected chi connectivity index (χ1v) is 6.00. The molecule has 0 saturated heterocycles. The minimum absolute atomic E-state index is 0.164. The van der Waals surface area contributed by atoms with Crippen molar-refractivity contribution in [2.75, 3.05) is 5.32 Å². The van der Waals surface area contributed by atoms with Crippen molar-refractivity contribution in [2.45, 2.75) is 44.6 Å². The second-order valence-corrected chi connectivity index (χ2v) is 4.69. The van der Waals surface area contributed by atoms with Crippen LogP contribution in [0, 0.1) is 6.92 Å². The summed E-state index contributed by atoms with van der Waals surface area (Å²) in [5.41, 5.74) is 6.20. The normalized spacial score (nSPS) is 18.7. The first kappa shape index (κ1) is 12.0. The first-order chi connectivity index (χ1) is 8.10. The number of nitrogens with one attached hydrogen (secondary N) is 1. The van der Waals surface area contributed by atoms with Gasteiger partial charge in [-0.2, -0.15) is 0 Å². The monoisotopic (exact) mass is 234 g/mol. The molecule has 0 radical (unpaired) electrons. The van der Waals surface area contributed by atoms with E-state index in [0.717, 1.165) is 37.8 Å². The summed E-state index contributed by atoms with van der Waals surface area (Å²) in [6.45, 7) is 1.86. The first-order valence-electron chi connectivity index (χ1n) is 6.00. The molecule has 1 aliphatic carbocycles. The predicted molar refractivity (Wildman–Crippen MR) is 65.4 cm³/mol. The zero-order valence-electron chi connectivity index (χ0n) is 10.1. The molecule has 0 spiro atoms. The van der Waals surface area contributed by atoms with Crippen molar-refractivity contribution >= 4 is 11.9 Å². The Labute approximate surface area is 101 Å². The van der Waals surface area contributed by atoms with Crippen molar-refractivity contribution in [1.82, 2.24) is 9.97 Å². The predicted octanol–water partition coefficient (Wildman–Crippen LogP) is 1.39. The number of amides is 1. The van der Waals surface area contributed by atoms with Crippen LogP contribution in [0.3, 0.4) is 0 Å². The Morgan fingerprint density at radius 1 is 1.41 bits per heavy atom. The lowest BCUT2D eigenvalue weighted by Gasteiger charge is -2.31. The zero-order valence-corrected chi connectivity index (χ0v) is 10.1. The summed E-state index contributed by atoms with van der Waals surface area (Å²) in [5.74, 6) is 0.174. The fourth-order valence-electron chi connectivity index (χ4n) is 2.14. The minimum atomic E-state index is -0.745. The summed E-state index contributed by atoms with van der Waals surface area (Å²) in [7, 11) is 0. The summed E-state index contributed by atoms with van der Waals surface area (Å²) in [6.07, 6.45) is 6.29. The number of hydrogen-bond acceptors (Lipinski definition) is 4. The van der Waals surface area contributed by atoms with Crippen molar-refractivity contribution in [3.63, 3.8) is 0 Å². The summed E-state index contributed by atoms with van der Waals surface area (Å²) >= 11 is 0. The molecule has 0 atom stereocenters. The van der Waals surface area contributed by atoms with Gasteiger partial charge in [-0.3, -0.25) is 10.1 Å². The van der Waals surface area contributed by atoms with Crippen LogP contribution in [-0.4, -0.2) is 21.4 Å². The van der Waals surface area contributed by atoms with E-state index < -0.39 is 5.54 Å². The molecule has 0 unspecified atom stereocenters. The van der Waals surface area contributed by atoms with Crippen molar-refractivity contribution in [3.8, 4) is 0 Å². The molecule has 1 heterocycles. The molecule has 0 aliphatic heterocycles. The van der Waals surface area contributed by atoms with Gasteiger partial charge in [-0.1, -0.05) is 19.3 Å². The zero-order chi connectivity index (χ0) is 12.3. The number of rotatable bonds is 2. The van der Waals surface area contributed by atoms with Gasteiger partial charge in [-0.25, -0.2) is 9.97 Å². The smallest absolute Gasteiger partial charge is 0.246 e. The third-order valence-electron chi connectivity index (χ3n) is 3.22. The van der Waals surface area contributed by atoms with Gasteiger partial charge in [0.25, 0.3) is 0 Å². The van der Waals surface area contributed by atoms with E-state index in [-0.39, 0.29) is 5.91 Å². The van der Waals surface area contributed by atoms with Crippen LogP contribution in [0.4, 0.5) is 5.95 Å². The van der Waals surface area contributed by atoms with Gasteiger partial charge in [0.2, 0.25) is 11.9 Å². The average Bonchev–Trinajstić information content (AvgIpc) is 2.30. The van der Waals surface area contributed by atoms with Gasteiger partial charge in [-0.15, -0.1) is 0 Å². The molecule has 0 aromatic carbocycles. The Balaban J connectivity index is 2.05. The summed E-state index contributed by atoms with van der Waals surface area (Å²) in [4.78, 5) is 20.2. The second kappa shape index (κ2) is 4.79. The maximum absolute atomic E-state index is 12.1. The van der Waals surface area contributed by atoms with Gasteiger partial charge in [0, 0.05) is 11.9 Å². The van der Waals surface area contributed by atoms with Crippen LogP contribution in [-0.2, 0) is 4.79 Å². The Morgan fingerprint density at radius 2 is 2.12 bits per heavy atom. The van der Waals surface area contributed by atoms with Crippen LogP contribution in [0.5, 0.6) is 0 Å². The van der Waals surface area contributed by atoms with Crippen molar-refractivity contribution < 1.29 is 4.79 Å². The van der Waals surface area contributed by atoms with Crippen LogP contribution >= 0.6 is 0 Å². The highest BCUT2D eigenvalue weighted by Gasteiger charge is 2.35. The second-order valence-electron chi connectivity index (χ2n) is 4.69. The highest BCUT2D eigenvalue weighted by Crippen LogP contribution is 2.26. The number of carbonyl (C=O) groups excluding carboxylic acids is 1. The van der Waals surface area contributed by atoms with Gasteiger partial charge in [0.1, 0.15) is 0 Å². The molecule has 92 valence electrons. The van der Waals surface area contributed by atoms with Gasteiger partial charge >= 0.3 is 0 Å². The molecule has 17 heavy (non-hydrogen) atoms. The van der Waals surface area contributed by atoms with Crippen molar-refractivity contribution in [2.24, 2.45) is 5.73 Å². The van der Waals surface area contributed by atoms with E-state index in [0.29, 0.717) is 5.95 Å². The average molecular weight is 234 g/mol. The number of carbonyl (C=O) groups is 1. The van der Waals surface area contributed by atoms with E-state index in [2.05, 4.69) is 15.3 Å². The molecule has 1 fully saturated rings. The summed E-state index contributed by atoms with van der Waals surface area (Å²) in [5, 5.41) is 2.71. The molecule has 5 heteroatoms. The van der Waals surface area contributed by atoms with Crippen LogP contribution in [0.25, 0.3) is 0 Å². The van der Waals surface area contributed by atoms with Gasteiger partial charge in [0.05, 0.1) is 5.54 Å². The van der Waals surface area contributed by atoms with Crippen LogP contribution in [0.2, 0.25) is 0 Å². The lowest BCUT2D eigenvalue weighted by atomic mass is 9.82. The Kier molecular flexibility index (Phi) is 3.38. The van der Waals surface area contributed by atoms with Crippen molar-refractivity contribution in [3.05, 3.63) is 18.0 Å². The third kappa shape index (κ3) is 2.79. The van der Waals surface area contributed by atoms with E-state index in [1.165, 1.54) is 0 Å². The molecule has 5 nitrogen and oxygen atoms in total. The quantitative estimate of drug-likeness (QED) is 0.810. The molecule has 3 N–H and O–H groups in total. The minimum Gasteiger partial charge on any atom is -0.317 e. The molecular formula is C12H18N4O. The van der Waals surface area contributed by atoms with E-state index >= 15 is 0 Å². The lowest BCUT2D eigenvalue weighted by Crippen LogP contribution is -2.52. The maximum atomic E-state index is 12.1. The van der Waals surface area contributed by atoms with E-state index in [9.17, 15) is 4.79 Å². The van der Waals surface area contributed by atoms with E-state index in [1.807, 2.05) is 6.92 Å². The molecule has 1 aromatic heterocycles. The van der Waals surface area contributed by atoms with Gasteiger partial charge in [-0.05, 0) is 25.8 Å². The molecule has 1 aliphatic rings. The number of nitrogens with zero attached hydrogens (tertiary/aromatic N) is 2. The number of aromatic nitrogens is 2. The molecule has 1 saturated carbocycles. The summed E-state index contributed by atoms with van der Waals surface area (Å²) in [6, 6.07) is 1.79. The number of aryl methyl sites for hydroxylation is 1. The van der Waals surface area contributed by atoms with Gasteiger partial charge < -0.3 is 5.73 Å². The van der Waals surface area contributed by atoms with E-state index in [1.54, 1.807) is 12.3 Å². The van der Waals surface area contributed by atoms with Crippen LogP contribution < -0.4 is 11.1 Å². The third-order valence-corrected chi connectivity index (χ3v) is 3.22. The molecular weight excluding hydrogens is 216 g/mol. The fraction of sp³-hybridized carbons (Fsp3) is 0.583. The van der Waals surface area contributed by atoms with Gasteiger partial charge in [0.15, 0.2) is 0 Å². The lowest BCUT2D eigenvalue weighted by molar-refractivity contribution is -0.122. The van der Waals surface area contributed by atoms with Crippen molar-refractivity contribution in [1.29, 1.82) is 0 Å². The Hall–Kier alpha value is -1.49. The highest BCUT2D eigenvalue weighted by atomic mass is 16.2. The largest absolute Gasteiger partial charge is 0.317 e. The van der Waals surface area contributed by atoms with E-state index in [4.69, 9.17) is 5.73 Å². The standard InChI is InChI=1S/C12H18N4O/c1-9-5-8-14-11(15-9)16-10(17)12(13)6-3-2-4-7-12/h5,8H,2-4,6-7,13H2,1H3,(H,14,15,16,17).